The Morgan fingerprint density at radius 3 is 2.32 bits per heavy atom. The summed E-state index contributed by atoms with van der Waals surface area (Å²) in [7, 11) is -3.51. The lowest BCUT2D eigenvalue weighted by Crippen LogP contribution is -2.06. The molecule has 0 fully saturated rings. The van der Waals surface area contributed by atoms with Gasteiger partial charge in [-0.3, -0.25) is 0 Å². The molecule has 4 heteroatoms. The van der Waals surface area contributed by atoms with Crippen molar-refractivity contribution < 1.29 is 13.2 Å². The maximum atomic E-state index is 12.8. The molecule has 0 bridgehead atoms. The molecule has 0 saturated heterocycles. The van der Waals surface area contributed by atoms with Crippen LogP contribution in [0.25, 0.3) is 0 Å². The fourth-order valence-corrected chi connectivity index (χ4v) is 3.75. The lowest BCUT2D eigenvalue weighted by Gasteiger charge is -2.09. The summed E-state index contributed by atoms with van der Waals surface area (Å²) in [5.74, 6) is 0. The van der Waals surface area contributed by atoms with Gasteiger partial charge in [-0.1, -0.05) is 68.9 Å². The highest BCUT2D eigenvalue weighted by Crippen LogP contribution is 2.23. The Morgan fingerprint density at radius 1 is 1.04 bits per heavy atom. The van der Waals surface area contributed by atoms with Crippen molar-refractivity contribution in [2.24, 2.45) is 0 Å². The first kappa shape index (κ1) is 21.5. The molecule has 0 unspecified atom stereocenters. The van der Waals surface area contributed by atoms with Crippen molar-refractivity contribution in [1.82, 2.24) is 0 Å². The molecule has 0 aliphatic heterocycles. The Bertz CT molecular complexity index is 640. The zero-order chi connectivity index (χ0) is 18.5. The van der Waals surface area contributed by atoms with E-state index >= 15 is 0 Å². The minimum Gasteiger partial charge on any atom is -0.500 e. The van der Waals surface area contributed by atoms with Crippen LogP contribution in [0.5, 0.6) is 0 Å². The van der Waals surface area contributed by atoms with Crippen molar-refractivity contribution in [3.8, 4) is 0 Å². The molecule has 0 saturated carbocycles. The Hall–Kier alpha value is -1.55. The van der Waals surface area contributed by atoms with Gasteiger partial charge in [0.05, 0.1) is 22.7 Å². The SMILES string of the molecule is C/C=C/C/C(=C\OCCCCCCCC)S(=O)(=O)c1ccc(C)cc1. The quantitative estimate of drug-likeness (QED) is 0.261. The van der Waals surface area contributed by atoms with Gasteiger partial charge >= 0.3 is 0 Å². The second kappa shape index (κ2) is 11.9. The number of sulfone groups is 1. The van der Waals surface area contributed by atoms with Crippen molar-refractivity contribution in [1.29, 1.82) is 0 Å². The highest BCUT2D eigenvalue weighted by molar-refractivity contribution is 7.95. The van der Waals surface area contributed by atoms with Gasteiger partial charge in [0.2, 0.25) is 9.84 Å². The molecule has 0 heterocycles. The normalized spacial score (nSPS) is 12.7. The van der Waals surface area contributed by atoms with E-state index in [1.807, 2.05) is 38.1 Å². The lowest BCUT2D eigenvalue weighted by atomic mass is 10.1. The summed E-state index contributed by atoms with van der Waals surface area (Å²) in [5.41, 5.74) is 1.04. The van der Waals surface area contributed by atoms with Gasteiger partial charge in [-0.05, 0) is 32.4 Å². The van der Waals surface area contributed by atoms with Crippen molar-refractivity contribution >= 4 is 9.84 Å². The standard InChI is InChI=1S/C21H32O3S/c1-4-6-8-9-10-11-17-24-18-21(12-7-5-2)25(22,23)20-15-13-19(3)14-16-20/h5,7,13-16,18H,4,6,8-12,17H2,1-3H3/b7-5+,21-18+. The molecule has 0 N–H and O–H groups in total. The predicted octanol–water partition coefficient (Wildman–Crippen LogP) is 5.95. The van der Waals surface area contributed by atoms with E-state index in [9.17, 15) is 8.42 Å². The summed E-state index contributed by atoms with van der Waals surface area (Å²) in [5, 5.41) is 0. The van der Waals surface area contributed by atoms with Crippen molar-refractivity contribution in [3.63, 3.8) is 0 Å². The fraction of sp³-hybridized carbons (Fsp3) is 0.524. The maximum absolute atomic E-state index is 12.8. The van der Waals surface area contributed by atoms with Crippen LogP contribution >= 0.6 is 0 Å². The van der Waals surface area contributed by atoms with Gasteiger partial charge in [-0.15, -0.1) is 0 Å². The van der Waals surface area contributed by atoms with Crippen LogP contribution in [0.3, 0.4) is 0 Å². The van der Waals surface area contributed by atoms with Crippen LogP contribution in [-0.2, 0) is 14.6 Å². The zero-order valence-electron chi connectivity index (χ0n) is 15.8. The Balaban J connectivity index is 2.67. The smallest absolute Gasteiger partial charge is 0.206 e. The molecule has 0 spiro atoms. The van der Waals surface area contributed by atoms with Crippen molar-refractivity contribution in [3.05, 3.63) is 53.1 Å². The van der Waals surface area contributed by atoms with Gasteiger partial charge in [-0.2, -0.15) is 0 Å². The number of unbranched alkanes of at least 4 members (excludes halogenated alkanes) is 5. The largest absolute Gasteiger partial charge is 0.500 e. The lowest BCUT2D eigenvalue weighted by molar-refractivity contribution is 0.239. The molecule has 0 aromatic heterocycles. The highest BCUT2D eigenvalue weighted by atomic mass is 32.2. The van der Waals surface area contributed by atoms with E-state index in [0.29, 0.717) is 22.8 Å². The third-order valence-electron chi connectivity index (χ3n) is 4.06. The van der Waals surface area contributed by atoms with E-state index in [-0.39, 0.29) is 0 Å². The molecular weight excluding hydrogens is 332 g/mol. The number of rotatable bonds is 12. The molecule has 0 aliphatic rings. The number of hydrogen-bond acceptors (Lipinski definition) is 3. The number of aryl methyl sites for hydroxylation is 1. The Kier molecular flexibility index (Phi) is 10.2. The van der Waals surface area contributed by atoms with Crippen LogP contribution in [0.1, 0.15) is 64.4 Å². The summed E-state index contributed by atoms with van der Waals surface area (Å²) in [6.45, 7) is 6.59. The summed E-state index contributed by atoms with van der Waals surface area (Å²) >= 11 is 0. The minimum atomic E-state index is -3.51. The molecule has 1 aromatic carbocycles. The summed E-state index contributed by atoms with van der Waals surface area (Å²) in [6.07, 6.45) is 12.6. The minimum absolute atomic E-state index is 0.306. The van der Waals surface area contributed by atoms with Crippen LogP contribution in [0.15, 0.2) is 52.5 Å². The number of hydrogen-bond donors (Lipinski definition) is 0. The first-order valence-corrected chi connectivity index (χ1v) is 10.7. The molecule has 1 aromatic rings. The molecule has 25 heavy (non-hydrogen) atoms. The molecule has 140 valence electrons. The van der Waals surface area contributed by atoms with Crippen LogP contribution in [0.2, 0.25) is 0 Å². The fourth-order valence-electron chi connectivity index (χ4n) is 2.44. The Labute approximate surface area is 153 Å². The van der Waals surface area contributed by atoms with Gasteiger partial charge in [0.25, 0.3) is 0 Å². The molecule has 0 amide bonds. The summed E-state index contributed by atoms with van der Waals surface area (Å²) in [6, 6.07) is 6.94. The number of benzene rings is 1. The molecular formula is C21H32O3S. The first-order valence-electron chi connectivity index (χ1n) is 9.26. The van der Waals surface area contributed by atoms with E-state index in [2.05, 4.69) is 6.92 Å². The average Bonchev–Trinajstić information content (AvgIpc) is 2.60. The number of ether oxygens (including phenoxy) is 1. The third kappa shape index (κ3) is 7.91. The maximum Gasteiger partial charge on any atom is 0.206 e. The summed E-state index contributed by atoms with van der Waals surface area (Å²) < 4.78 is 31.2. The van der Waals surface area contributed by atoms with E-state index < -0.39 is 9.84 Å². The van der Waals surface area contributed by atoms with Gasteiger partial charge < -0.3 is 4.74 Å². The predicted molar refractivity (Wildman–Crippen MR) is 105 cm³/mol. The van der Waals surface area contributed by atoms with E-state index in [1.54, 1.807) is 12.1 Å². The molecule has 0 atom stereocenters. The molecule has 1 rings (SSSR count). The monoisotopic (exact) mass is 364 g/mol. The first-order chi connectivity index (χ1) is 12.0. The van der Waals surface area contributed by atoms with Gasteiger partial charge in [0, 0.05) is 6.42 Å². The third-order valence-corrected chi connectivity index (χ3v) is 5.91. The van der Waals surface area contributed by atoms with E-state index in [4.69, 9.17) is 4.74 Å². The molecule has 0 aliphatic carbocycles. The van der Waals surface area contributed by atoms with Gasteiger partial charge in [0.15, 0.2) is 0 Å². The van der Waals surface area contributed by atoms with Gasteiger partial charge in [-0.25, -0.2) is 8.42 Å². The van der Waals surface area contributed by atoms with E-state index in [1.165, 1.54) is 31.9 Å². The average molecular weight is 365 g/mol. The molecule has 0 radical (unpaired) electrons. The number of allylic oxidation sites excluding steroid dienone is 3. The van der Waals surface area contributed by atoms with Crippen LogP contribution in [-0.4, -0.2) is 15.0 Å². The molecule has 3 nitrogen and oxygen atoms in total. The van der Waals surface area contributed by atoms with Crippen molar-refractivity contribution in [2.45, 2.75) is 70.6 Å². The highest BCUT2D eigenvalue weighted by Gasteiger charge is 2.20. The second-order valence-corrected chi connectivity index (χ2v) is 8.32. The van der Waals surface area contributed by atoms with E-state index in [0.717, 1.165) is 18.4 Å². The van der Waals surface area contributed by atoms with Crippen molar-refractivity contribution in [2.75, 3.05) is 6.61 Å². The van der Waals surface area contributed by atoms with Crippen LogP contribution < -0.4 is 0 Å². The van der Waals surface area contributed by atoms with Gasteiger partial charge in [0.1, 0.15) is 0 Å². The van der Waals surface area contributed by atoms with Crippen LogP contribution in [0.4, 0.5) is 0 Å². The zero-order valence-corrected chi connectivity index (χ0v) is 16.6. The topological polar surface area (TPSA) is 43.4 Å². The van der Waals surface area contributed by atoms with Crippen LogP contribution in [0, 0.1) is 6.92 Å². The summed E-state index contributed by atoms with van der Waals surface area (Å²) in [4.78, 5) is 0.623. The Morgan fingerprint density at radius 2 is 1.68 bits per heavy atom. The second-order valence-electron chi connectivity index (χ2n) is 6.31.